The summed E-state index contributed by atoms with van der Waals surface area (Å²) < 4.78 is 12.9. The highest BCUT2D eigenvalue weighted by atomic mass is 16.5. The first-order chi connectivity index (χ1) is 10.2. The quantitative estimate of drug-likeness (QED) is 0.851. The molecule has 1 aromatic carbocycles. The fourth-order valence-electron chi connectivity index (χ4n) is 2.23. The molecule has 0 aliphatic carbocycles. The SMILES string of the molecule is CCOc1ccccc1-n1cc(C)nc1NC(C)COC. The molecule has 2 rings (SSSR count). The number of benzene rings is 1. The maximum atomic E-state index is 5.71. The second kappa shape index (κ2) is 7.13. The van der Waals surface area contributed by atoms with E-state index < -0.39 is 0 Å². The number of ether oxygens (including phenoxy) is 2. The highest BCUT2D eigenvalue weighted by molar-refractivity contribution is 5.52. The fourth-order valence-corrected chi connectivity index (χ4v) is 2.23. The molecule has 1 unspecified atom stereocenters. The van der Waals surface area contributed by atoms with Gasteiger partial charge in [-0.15, -0.1) is 0 Å². The van der Waals surface area contributed by atoms with Crippen LogP contribution in [0.2, 0.25) is 0 Å². The van der Waals surface area contributed by atoms with Crippen LogP contribution in [-0.4, -0.2) is 35.9 Å². The number of methoxy groups -OCH3 is 1. The van der Waals surface area contributed by atoms with E-state index in [0.717, 1.165) is 23.1 Å². The Kier molecular flexibility index (Phi) is 5.22. The summed E-state index contributed by atoms with van der Waals surface area (Å²) in [5.74, 6) is 1.64. The molecule has 2 aromatic rings. The molecular formula is C16H23N3O2. The third-order valence-electron chi connectivity index (χ3n) is 3.04. The van der Waals surface area contributed by atoms with Crippen LogP contribution in [0.5, 0.6) is 5.75 Å². The van der Waals surface area contributed by atoms with E-state index >= 15 is 0 Å². The van der Waals surface area contributed by atoms with Gasteiger partial charge in [0.05, 0.1) is 24.6 Å². The Morgan fingerprint density at radius 2 is 2.10 bits per heavy atom. The first kappa shape index (κ1) is 15.4. The predicted molar refractivity (Wildman–Crippen MR) is 84.4 cm³/mol. The molecule has 0 saturated heterocycles. The molecule has 5 nitrogen and oxygen atoms in total. The lowest BCUT2D eigenvalue weighted by molar-refractivity contribution is 0.190. The van der Waals surface area contributed by atoms with Gasteiger partial charge in [-0.3, -0.25) is 4.57 Å². The third kappa shape index (κ3) is 3.76. The van der Waals surface area contributed by atoms with Gasteiger partial charge >= 0.3 is 0 Å². The van der Waals surface area contributed by atoms with Gasteiger partial charge in [0.15, 0.2) is 0 Å². The number of hydrogen-bond donors (Lipinski definition) is 1. The molecule has 1 aromatic heterocycles. The number of aromatic nitrogens is 2. The van der Waals surface area contributed by atoms with Crippen LogP contribution in [0.1, 0.15) is 19.5 Å². The third-order valence-corrected chi connectivity index (χ3v) is 3.04. The lowest BCUT2D eigenvalue weighted by atomic mass is 10.3. The van der Waals surface area contributed by atoms with Gasteiger partial charge in [-0.1, -0.05) is 12.1 Å². The summed E-state index contributed by atoms with van der Waals surface area (Å²) >= 11 is 0. The second-order valence-electron chi connectivity index (χ2n) is 4.98. The predicted octanol–water partition coefficient (Wildman–Crippen LogP) is 3.03. The Hall–Kier alpha value is -2.01. The zero-order valence-corrected chi connectivity index (χ0v) is 13.1. The number of hydrogen-bond acceptors (Lipinski definition) is 4. The standard InChI is InChI=1S/C16H23N3O2/c1-5-21-15-9-7-6-8-14(15)19-10-12(2)17-16(19)18-13(3)11-20-4/h6-10,13H,5,11H2,1-4H3,(H,17,18). The molecule has 1 heterocycles. The molecule has 0 aliphatic heterocycles. The molecule has 5 heteroatoms. The van der Waals surface area contributed by atoms with Crippen molar-refractivity contribution in [2.45, 2.75) is 26.8 Å². The van der Waals surface area contributed by atoms with Crippen molar-refractivity contribution in [1.82, 2.24) is 9.55 Å². The first-order valence-electron chi connectivity index (χ1n) is 7.19. The van der Waals surface area contributed by atoms with Gasteiger partial charge in [0.2, 0.25) is 5.95 Å². The van der Waals surface area contributed by atoms with E-state index in [1.54, 1.807) is 7.11 Å². The first-order valence-corrected chi connectivity index (χ1v) is 7.19. The van der Waals surface area contributed by atoms with Crippen molar-refractivity contribution in [3.63, 3.8) is 0 Å². The Morgan fingerprint density at radius 1 is 1.33 bits per heavy atom. The molecule has 0 aliphatic rings. The number of nitrogens with zero attached hydrogens (tertiary/aromatic N) is 2. The van der Waals surface area contributed by atoms with Crippen LogP contribution in [0.15, 0.2) is 30.5 Å². The summed E-state index contributed by atoms with van der Waals surface area (Å²) in [5.41, 5.74) is 1.93. The van der Waals surface area contributed by atoms with Crippen molar-refractivity contribution < 1.29 is 9.47 Å². The summed E-state index contributed by atoms with van der Waals surface area (Å²) in [6, 6.07) is 8.14. The van der Waals surface area contributed by atoms with Crippen LogP contribution in [0, 0.1) is 6.92 Å². The average Bonchev–Trinajstić information content (AvgIpc) is 2.80. The van der Waals surface area contributed by atoms with Crippen LogP contribution < -0.4 is 10.1 Å². The second-order valence-corrected chi connectivity index (χ2v) is 4.98. The minimum absolute atomic E-state index is 0.176. The monoisotopic (exact) mass is 289 g/mol. The summed E-state index contributed by atoms with van der Waals surface area (Å²) in [6.45, 7) is 7.28. The summed E-state index contributed by atoms with van der Waals surface area (Å²) in [5, 5.41) is 3.37. The minimum Gasteiger partial charge on any atom is -0.492 e. The van der Waals surface area contributed by atoms with Gasteiger partial charge in [-0.2, -0.15) is 0 Å². The van der Waals surface area contributed by atoms with Crippen molar-refractivity contribution in [2.75, 3.05) is 25.6 Å². The molecule has 0 bridgehead atoms. The van der Waals surface area contributed by atoms with E-state index in [2.05, 4.69) is 17.2 Å². The van der Waals surface area contributed by atoms with Crippen LogP contribution >= 0.6 is 0 Å². The van der Waals surface area contributed by atoms with Gasteiger partial charge in [0.1, 0.15) is 5.75 Å². The molecule has 21 heavy (non-hydrogen) atoms. The summed E-state index contributed by atoms with van der Waals surface area (Å²) in [7, 11) is 1.69. The largest absolute Gasteiger partial charge is 0.492 e. The van der Waals surface area contributed by atoms with Crippen LogP contribution in [0.3, 0.4) is 0 Å². The number of para-hydroxylation sites is 2. The molecule has 0 spiro atoms. The number of aryl methyl sites for hydroxylation is 1. The lowest BCUT2D eigenvalue weighted by Crippen LogP contribution is -2.23. The fraction of sp³-hybridized carbons (Fsp3) is 0.438. The normalized spacial score (nSPS) is 12.2. The Bertz CT molecular complexity index is 581. The Balaban J connectivity index is 2.35. The molecule has 1 atom stereocenters. The average molecular weight is 289 g/mol. The summed E-state index contributed by atoms with van der Waals surface area (Å²) in [4.78, 5) is 4.55. The van der Waals surface area contributed by atoms with Gasteiger partial charge in [0, 0.05) is 19.3 Å². The van der Waals surface area contributed by atoms with E-state index in [-0.39, 0.29) is 6.04 Å². The van der Waals surface area contributed by atoms with Crippen molar-refractivity contribution in [2.24, 2.45) is 0 Å². The Labute approximate surface area is 125 Å². The Morgan fingerprint density at radius 3 is 2.81 bits per heavy atom. The lowest BCUT2D eigenvalue weighted by Gasteiger charge is -2.17. The highest BCUT2D eigenvalue weighted by Crippen LogP contribution is 2.26. The van der Waals surface area contributed by atoms with Crippen molar-refractivity contribution in [3.05, 3.63) is 36.2 Å². The van der Waals surface area contributed by atoms with E-state index in [1.807, 2.05) is 48.9 Å². The smallest absolute Gasteiger partial charge is 0.208 e. The van der Waals surface area contributed by atoms with Gasteiger partial charge in [0.25, 0.3) is 0 Å². The molecular weight excluding hydrogens is 266 g/mol. The van der Waals surface area contributed by atoms with Gasteiger partial charge < -0.3 is 14.8 Å². The van der Waals surface area contributed by atoms with E-state index in [1.165, 1.54) is 0 Å². The van der Waals surface area contributed by atoms with Crippen LogP contribution in [0.4, 0.5) is 5.95 Å². The van der Waals surface area contributed by atoms with Crippen molar-refractivity contribution >= 4 is 5.95 Å². The van der Waals surface area contributed by atoms with Crippen LogP contribution in [-0.2, 0) is 4.74 Å². The van der Waals surface area contributed by atoms with Gasteiger partial charge in [-0.25, -0.2) is 4.98 Å². The van der Waals surface area contributed by atoms with E-state index in [9.17, 15) is 0 Å². The topological polar surface area (TPSA) is 48.3 Å². The maximum Gasteiger partial charge on any atom is 0.208 e. The zero-order chi connectivity index (χ0) is 15.2. The number of nitrogens with one attached hydrogen (secondary N) is 1. The molecule has 0 amide bonds. The summed E-state index contributed by atoms with van der Waals surface area (Å²) in [6.07, 6.45) is 2.00. The maximum absolute atomic E-state index is 5.71. The van der Waals surface area contributed by atoms with E-state index in [4.69, 9.17) is 9.47 Å². The van der Waals surface area contributed by atoms with Crippen LogP contribution in [0.25, 0.3) is 5.69 Å². The zero-order valence-electron chi connectivity index (χ0n) is 13.1. The number of anilines is 1. The molecule has 114 valence electrons. The number of imidazole rings is 1. The molecule has 1 N–H and O–H groups in total. The molecule has 0 radical (unpaired) electrons. The van der Waals surface area contributed by atoms with Gasteiger partial charge in [-0.05, 0) is 32.9 Å². The minimum atomic E-state index is 0.176. The van der Waals surface area contributed by atoms with Crippen molar-refractivity contribution in [1.29, 1.82) is 0 Å². The molecule has 0 saturated carbocycles. The van der Waals surface area contributed by atoms with E-state index in [0.29, 0.717) is 13.2 Å². The van der Waals surface area contributed by atoms with Crippen molar-refractivity contribution in [3.8, 4) is 11.4 Å². The number of rotatable bonds is 7. The highest BCUT2D eigenvalue weighted by Gasteiger charge is 2.13. The molecule has 0 fully saturated rings.